The maximum atomic E-state index is 11.4. The van der Waals surface area contributed by atoms with Gasteiger partial charge in [0.2, 0.25) is 5.91 Å². The minimum Gasteiger partial charge on any atom is -0.371 e. The lowest BCUT2D eigenvalue weighted by molar-refractivity contribution is -0.383. The Balaban J connectivity index is 2.67. The first-order chi connectivity index (χ1) is 8.54. The van der Waals surface area contributed by atoms with Crippen molar-refractivity contribution in [3.05, 3.63) is 33.3 Å². The van der Waals surface area contributed by atoms with Gasteiger partial charge in [-0.15, -0.1) is 0 Å². The molecule has 0 radical (unpaired) electrons. The Hall–Kier alpha value is -1.82. The topological polar surface area (TPSA) is 84.3 Å². The van der Waals surface area contributed by atoms with E-state index in [1.165, 1.54) is 18.2 Å². The number of nitro benzene ring substituents is 1. The third-order valence-corrected chi connectivity index (χ3v) is 2.40. The van der Waals surface area contributed by atoms with Crippen LogP contribution in [0.25, 0.3) is 0 Å². The van der Waals surface area contributed by atoms with Crippen molar-refractivity contribution in [2.24, 2.45) is 0 Å². The van der Waals surface area contributed by atoms with Gasteiger partial charge in [0.15, 0.2) is 0 Å². The third kappa shape index (κ3) is 4.21. The van der Waals surface area contributed by atoms with Crippen LogP contribution in [0.2, 0.25) is 5.02 Å². The lowest BCUT2D eigenvalue weighted by Gasteiger charge is -2.07. The molecule has 0 aliphatic rings. The molecule has 0 aromatic heterocycles. The lowest BCUT2D eigenvalue weighted by Crippen LogP contribution is -2.30. The first-order valence-corrected chi connectivity index (χ1v) is 5.87. The molecular formula is C11H14ClN3O3. The fourth-order valence-electron chi connectivity index (χ4n) is 1.31. The molecule has 1 rings (SSSR count). The standard InChI is InChI=1S/C11H14ClN3O3/c1-2-5-13-11(16)7-14-9-4-3-8(12)6-10(9)15(17)18/h3-4,6,14H,2,5,7H2,1H3,(H,13,16). The summed E-state index contributed by atoms with van der Waals surface area (Å²) in [5, 5.41) is 16.5. The number of nitro groups is 1. The van der Waals surface area contributed by atoms with E-state index in [0.29, 0.717) is 6.54 Å². The number of nitrogens with zero attached hydrogens (tertiary/aromatic N) is 1. The molecule has 0 spiro atoms. The summed E-state index contributed by atoms with van der Waals surface area (Å²) in [5.41, 5.74) is 0.127. The van der Waals surface area contributed by atoms with Gasteiger partial charge in [-0.05, 0) is 18.6 Å². The van der Waals surface area contributed by atoms with E-state index in [1.807, 2.05) is 6.92 Å². The van der Waals surface area contributed by atoms with E-state index in [1.54, 1.807) is 0 Å². The Morgan fingerprint density at radius 2 is 2.22 bits per heavy atom. The average Bonchev–Trinajstić information content (AvgIpc) is 2.34. The fraction of sp³-hybridized carbons (Fsp3) is 0.364. The minimum absolute atomic E-state index is 0.0114. The van der Waals surface area contributed by atoms with Gasteiger partial charge in [0.05, 0.1) is 11.5 Å². The van der Waals surface area contributed by atoms with Crippen LogP contribution in [0.1, 0.15) is 13.3 Å². The zero-order chi connectivity index (χ0) is 13.5. The molecule has 1 aromatic rings. The van der Waals surface area contributed by atoms with Gasteiger partial charge >= 0.3 is 0 Å². The third-order valence-electron chi connectivity index (χ3n) is 2.17. The summed E-state index contributed by atoms with van der Waals surface area (Å²) in [4.78, 5) is 21.6. The van der Waals surface area contributed by atoms with Crippen molar-refractivity contribution >= 4 is 28.9 Å². The highest BCUT2D eigenvalue weighted by atomic mass is 35.5. The van der Waals surface area contributed by atoms with Gasteiger partial charge in [0.1, 0.15) is 5.69 Å². The van der Waals surface area contributed by atoms with Crippen LogP contribution < -0.4 is 10.6 Å². The van der Waals surface area contributed by atoms with E-state index in [4.69, 9.17) is 11.6 Å². The minimum atomic E-state index is -0.543. The highest BCUT2D eigenvalue weighted by Gasteiger charge is 2.14. The van der Waals surface area contributed by atoms with Crippen LogP contribution in [-0.2, 0) is 4.79 Å². The summed E-state index contributed by atoms with van der Waals surface area (Å²) >= 11 is 5.68. The molecule has 0 bridgehead atoms. The smallest absolute Gasteiger partial charge is 0.293 e. The zero-order valence-corrected chi connectivity index (χ0v) is 10.7. The van der Waals surface area contributed by atoms with Gasteiger partial charge in [0, 0.05) is 17.6 Å². The van der Waals surface area contributed by atoms with Crippen molar-refractivity contribution in [2.45, 2.75) is 13.3 Å². The SMILES string of the molecule is CCCNC(=O)CNc1ccc(Cl)cc1[N+](=O)[O-]. The molecule has 0 saturated carbocycles. The fourth-order valence-corrected chi connectivity index (χ4v) is 1.47. The second-order valence-electron chi connectivity index (χ2n) is 3.62. The normalized spacial score (nSPS) is 9.89. The molecule has 6 nitrogen and oxygen atoms in total. The molecule has 0 aliphatic heterocycles. The van der Waals surface area contributed by atoms with Crippen LogP contribution in [0.15, 0.2) is 18.2 Å². The zero-order valence-electron chi connectivity index (χ0n) is 9.90. The van der Waals surface area contributed by atoms with Crippen molar-refractivity contribution in [3.8, 4) is 0 Å². The van der Waals surface area contributed by atoms with Crippen molar-refractivity contribution in [1.29, 1.82) is 0 Å². The van der Waals surface area contributed by atoms with Crippen molar-refractivity contribution < 1.29 is 9.72 Å². The molecule has 18 heavy (non-hydrogen) atoms. The van der Waals surface area contributed by atoms with Crippen molar-refractivity contribution in [1.82, 2.24) is 5.32 Å². The quantitative estimate of drug-likeness (QED) is 0.613. The second-order valence-corrected chi connectivity index (χ2v) is 4.06. The molecule has 0 saturated heterocycles. The Morgan fingerprint density at radius 1 is 1.50 bits per heavy atom. The predicted octanol–water partition coefficient (Wildman–Crippen LogP) is 2.19. The van der Waals surface area contributed by atoms with E-state index in [-0.39, 0.29) is 28.8 Å². The first-order valence-electron chi connectivity index (χ1n) is 5.49. The number of anilines is 1. The summed E-state index contributed by atoms with van der Waals surface area (Å²) in [6.45, 7) is 2.52. The van der Waals surface area contributed by atoms with E-state index in [0.717, 1.165) is 6.42 Å². The van der Waals surface area contributed by atoms with Gasteiger partial charge < -0.3 is 10.6 Å². The van der Waals surface area contributed by atoms with E-state index < -0.39 is 4.92 Å². The number of carbonyl (C=O) groups excluding carboxylic acids is 1. The predicted molar refractivity (Wildman–Crippen MR) is 69.9 cm³/mol. The summed E-state index contributed by atoms with van der Waals surface area (Å²) in [6.07, 6.45) is 0.840. The molecule has 0 fully saturated rings. The molecule has 0 unspecified atom stereocenters. The first kappa shape index (κ1) is 14.2. The van der Waals surface area contributed by atoms with Crippen molar-refractivity contribution in [3.63, 3.8) is 0 Å². The van der Waals surface area contributed by atoms with Crippen LogP contribution in [0.5, 0.6) is 0 Å². The summed E-state index contributed by atoms with van der Waals surface area (Å²) in [7, 11) is 0. The monoisotopic (exact) mass is 271 g/mol. The summed E-state index contributed by atoms with van der Waals surface area (Å²) in [6, 6.07) is 4.25. The van der Waals surface area contributed by atoms with Crippen LogP contribution in [-0.4, -0.2) is 23.9 Å². The van der Waals surface area contributed by atoms with Gasteiger partial charge in [-0.3, -0.25) is 14.9 Å². The number of benzene rings is 1. The van der Waals surface area contributed by atoms with Crippen LogP contribution in [0.3, 0.4) is 0 Å². The Kier molecular flexibility index (Phi) is 5.38. The molecule has 2 N–H and O–H groups in total. The van der Waals surface area contributed by atoms with Crippen LogP contribution in [0, 0.1) is 10.1 Å². The molecule has 98 valence electrons. The maximum absolute atomic E-state index is 11.4. The number of hydrogen-bond acceptors (Lipinski definition) is 4. The lowest BCUT2D eigenvalue weighted by atomic mass is 10.2. The highest BCUT2D eigenvalue weighted by Crippen LogP contribution is 2.27. The van der Waals surface area contributed by atoms with E-state index >= 15 is 0 Å². The van der Waals surface area contributed by atoms with Gasteiger partial charge in [-0.1, -0.05) is 18.5 Å². The molecule has 1 aromatic carbocycles. The number of carbonyl (C=O) groups is 1. The number of nitrogens with one attached hydrogen (secondary N) is 2. The van der Waals surface area contributed by atoms with Crippen LogP contribution in [0.4, 0.5) is 11.4 Å². The molecular weight excluding hydrogens is 258 g/mol. The van der Waals surface area contributed by atoms with Crippen molar-refractivity contribution in [2.75, 3.05) is 18.4 Å². The molecule has 0 aliphatic carbocycles. The van der Waals surface area contributed by atoms with Gasteiger partial charge in [0.25, 0.3) is 5.69 Å². The number of halogens is 1. The molecule has 0 heterocycles. The van der Waals surface area contributed by atoms with Gasteiger partial charge in [-0.2, -0.15) is 0 Å². The summed E-state index contributed by atoms with van der Waals surface area (Å²) in [5.74, 6) is -0.207. The average molecular weight is 272 g/mol. The molecule has 7 heteroatoms. The number of rotatable bonds is 6. The largest absolute Gasteiger partial charge is 0.371 e. The Morgan fingerprint density at radius 3 is 2.83 bits per heavy atom. The Bertz CT molecular complexity index is 451. The molecule has 1 amide bonds. The number of hydrogen-bond donors (Lipinski definition) is 2. The molecule has 0 atom stereocenters. The Labute approximate surface area is 109 Å². The van der Waals surface area contributed by atoms with E-state index in [9.17, 15) is 14.9 Å². The van der Waals surface area contributed by atoms with Gasteiger partial charge in [-0.25, -0.2) is 0 Å². The van der Waals surface area contributed by atoms with Crippen LogP contribution >= 0.6 is 11.6 Å². The second kappa shape index (κ2) is 6.80. The maximum Gasteiger partial charge on any atom is 0.293 e. The highest BCUT2D eigenvalue weighted by molar-refractivity contribution is 6.30. The number of amides is 1. The summed E-state index contributed by atoms with van der Waals surface area (Å²) < 4.78 is 0. The van der Waals surface area contributed by atoms with E-state index in [2.05, 4.69) is 10.6 Å².